The van der Waals surface area contributed by atoms with Crippen LogP contribution >= 0.6 is 11.3 Å². The lowest BCUT2D eigenvalue weighted by atomic mass is 10.2. The Kier molecular flexibility index (Phi) is 5.52. The average molecular weight is 372 g/mol. The van der Waals surface area contributed by atoms with Crippen molar-refractivity contribution < 1.29 is 14.3 Å². The number of aromatic nitrogens is 3. The highest BCUT2D eigenvalue weighted by Gasteiger charge is 2.13. The molecule has 1 aromatic carbocycles. The van der Waals surface area contributed by atoms with E-state index in [1.807, 2.05) is 38.4 Å². The number of aryl methyl sites for hydroxylation is 1. The molecular formula is C18H20N4O3S. The van der Waals surface area contributed by atoms with Gasteiger partial charge in [-0.05, 0) is 24.6 Å². The molecule has 0 unspecified atom stereocenters. The molecule has 0 aliphatic rings. The van der Waals surface area contributed by atoms with Crippen molar-refractivity contribution in [2.24, 2.45) is 7.05 Å². The van der Waals surface area contributed by atoms with Gasteiger partial charge in [0.2, 0.25) is 0 Å². The fraction of sp³-hybridized carbons (Fsp3) is 0.278. The zero-order valence-corrected chi connectivity index (χ0v) is 15.7. The zero-order chi connectivity index (χ0) is 18.5. The number of carbonyl (C=O) groups is 1. The van der Waals surface area contributed by atoms with Gasteiger partial charge in [-0.1, -0.05) is 6.07 Å². The molecule has 0 radical (unpaired) electrons. The summed E-state index contributed by atoms with van der Waals surface area (Å²) in [7, 11) is 3.44. The van der Waals surface area contributed by atoms with E-state index in [0.717, 1.165) is 16.1 Å². The second-order valence-corrected chi connectivity index (χ2v) is 6.40. The minimum absolute atomic E-state index is 0.218. The van der Waals surface area contributed by atoms with Crippen LogP contribution < -0.4 is 14.8 Å². The van der Waals surface area contributed by atoms with Crippen molar-refractivity contribution in [1.29, 1.82) is 0 Å². The fourth-order valence-corrected chi connectivity index (χ4v) is 3.19. The second kappa shape index (κ2) is 8.01. The summed E-state index contributed by atoms with van der Waals surface area (Å²) in [5.41, 5.74) is 2.21. The van der Waals surface area contributed by atoms with Gasteiger partial charge in [0, 0.05) is 30.7 Å². The molecule has 0 spiro atoms. The number of nitrogens with zero attached hydrogens (tertiary/aromatic N) is 3. The lowest BCUT2D eigenvalue weighted by molar-refractivity contribution is 0.0946. The molecule has 2 heterocycles. The molecule has 0 bridgehead atoms. The molecule has 2 aromatic heterocycles. The van der Waals surface area contributed by atoms with Crippen LogP contribution in [0.2, 0.25) is 0 Å². The summed E-state index contributed by atoms with van der Waals surface area (Å²) < 4.78 is 12.5. The van der Waals surface area contributed by atoms with Crippen molar-refractivity contribution in [1.82, 2.24) is 20.1 Å². The van der Waals surface area contributed by atoms with Gasteiger partial charge in [-0.2, -0.15) is 5.10 Å². The van der Waals surface area contributed by atoms with E-state index in [0.29, 0.717) is 30.3 Å². The van der Waals surface area contributed by atoms with Crippen LogP contribution in [0.5, 0.6) is 11.5 Å². The van der Waals surface area contributed by atoms with E-state index in [1.54, 1.807) is 23.4 Å². The molecule has 0 saturated carbocycles. The molecule has 0 aliphatic heterocycles. The zero-order valence-electron chi connectivity index (χ0n) is 14.9. The monoisotopic (exact) mass is 372 g/mol. The van der Waals surface area contributed by atoms with Gasteiger partial charge in [0.05, 0.1) is 19.9 Å². The topological polar surface area (TPSA) is 78.3 Å². The molecule has 1 amide bonds. The summed E-state index contributed by atoms with van der Waals surface area (Å²) in [6.07, 6.45) is 3.60. The van der Waals surface area contributed by atoms with Gasteiger partial charge in [-0.3, -0.25) is 9.48 Å². The average Bonchev–Trinajstić information content (AvgIpc) is 3.29. The third kappa shape index (κ3) is 4.02. The third-order valence-electron chi connectivity index (χ3n) is 3.67. The van der Waals surface area contributed by atoms with Crippen LogP contribution in [0.3, 0.4) is 0 Å². The number of nitrogens with one attached hydrogen (secondary N) is 1. The highest BCUT2D eigenvalue weighted by molar-refractivity contribution is 7.13. The number of methoxy groups -OCH3 is 1. The summed E-state index contributed by atoms with van der Waals surface area (Å²) in [5.74, 6) is 1.11. The molecule has 8 heteroatoms. The van der Waals surface area contributed by atoms with Crippen molar-refractivity contribution in [2.75, 3.05) is 13.7 Å². The van der Waals surface area contributed by atoms with E-state index in [4.69, 9.17) is 9.47 Å². The van der Waals surface area contributed by atoms with Crippen LogP contribution in [0.25, 0.3) is 10.6 Å². The molecule has 26 heavy (non-hydrogen) atoms. The Hall–Kier alpha value is -2.87. The maximum atomic E-state index is 12.3. The largest absolute Gasteiger partial charge is 0.493 e. The maximum Gasteiger partial charge on any atom is 0.271 e. The van der Waals surface area contributed by atoms with E-state index in [-0.39, 0.29) is 5.91 Å². The number of amides is 1. The SMILES string of the molecule is CCOc1ccc(CNC(=O)c2csc(-c3cnn(C)c3)n2)cc1OC. The summed E-state index contributed by atoms with van der Waals surface area (Å²) in [6, 6.07) is 5.59. The van der Waals surface area contributed by atoms with Crippen LogP contribution in [0.4, 0.5) is 0 Å². The Bertz CT molecular complexity index is 903. The number of ether oxygens (including phenoxy) is 2. The Labute approximate surface area is 155 Å². The first-order valence-electron chi connectivity index (χ1n) is 8.13. The second-order valence-electron chi connectivity index (χ2n) is 5.54. The Morgan fingerprint density at radius 3 is 2.88 bits per heavy atom. The first kappa shape index (κ1) is 17.9. The lowest BCUT2D eigenvalue weighted by Gasteiger charge is -2.11. The minimum atomic E-state index is -0.218. The Morgan fingerprint density at radius 1 is 1.35 bits per heavy atom. The van der Waals surface area contributed by atoms with E-state index >= 15 is 0 Å². The predicted octanol–water partition coefficient (Wildman–Crippen LogP) is 2.88. The Morgan fingerprint density at radius 2 is 2.19 bits per heavy atom. The molecule has 0 aliphatic carbocycles. The van der Waals surface area contributed by atoms with Crippen LogP contribution in [0.1, 0.15) is 23.0 Å². The third-order valence-corrected chi connectivity index (χ3v) is 4.56. The quantitative estimate of drug-likeness (QED) is 0.690. The highest BCUT2D eigenvalue weighted by Crippen LogP contribution is 2.28. The van der Waals surface area contributed by atoms with E-state index < -0.39 is 0 Å². The van der Waals surface area contributed by atoms with Gasteiger partial charge in [0.25, 0.3) is 5.91 Å². The summed E-state index contributed by atoms with van der Waals surface area (Å²) in [4.78, 5) is 16.7. The van der Waals surface area contributed by atoms with Gasteiger partial charge in [0.1, 0.15) is 10.7 Å². The predicted molar refractivity (Wildman–Crippen MR) is 99.6 cm³/mol. The van der Waals surface area contributed by atoms with Crippen LogP contribution in [0, 0.1) is 0 Å². The molecule has 1 N–H and O–H groups in total. The van der Waals surface area contributed by atoms with E-state index in [2.05, 4.69) is 15.4 Å². The Balaban J connectivity index is 1.65. The number of hydrogen-bond donors (Lipinski definition) is 1. The number of carbonyl (C=O) groups excluding carboxylic acids is 1. The van der Waals surface area contributed by atoms with Crippen LogP contribution in [0.15, 0.2) is 36.0 Å². The van der Waals surface area contributed by atoms with Crippen molar-refractivity contribution in [2.45, 2.75) is 13.5 Å². The number of rotatable bonds is 7. The molecule has 0 saturated heterocycles. The molecular weight excluding hydrogens is 352 g/mol. The van der Waals surface area contributed by atoms with Gasteiger partial charge < -0.3 is 14.8 Å². The number of benzene rings is 1. The standard InChI is InChI=1S/C18H20N4O3S/c1-4-25-15-6-5-12(7-16(15)24-3)8-19-17(23)14-11-26-18(21-14)13-9-20-22(2)10-13/h5-7,9-11H,4,8H2,1-3H3,(H,19,23). The normalized spacial score (nSPS) is 10.6. The maximum absolute atomic E-state index is 12.3. The number of hydrogen-bond acceptors (Lipinski definition) is 6. The van der Waals surface area contributed by atoms with Crippen molar-refractivity contribution in [3.05, 3.63) is 47.2 Å². The fourth-order valence-electron chi connectivity index (χ4n) is 2.41. The summed E-state index contributed by atoms with van der Waals surface area (Å²) in [5, 5.41) is 9.51. The molecule has 3 rings (SSSR count). The van der Waals surface area contributed by atoms with Gasteiger partial charge in [0.15, 0.2) is 11.5 Å². The van der Waals surface area contributed by atoms with Crippen molar-refractivity contribution >= 4 is 17.2 Å². The van der Waals surface area contributed by atoms with Crippen molar-refractivity contribution in [3.8, 4) is 22.1 Å². The number of thiazole rings is 1. The van der Waals surface area contributed by atoms with E-state index in [1.165, 1.54) is 11.3 Å². The molecule has 0 fully saturated rings. The van der Waals surface area contributed by atoms with Crippen LogP contribution in [-0.2, 0) is 13.6 Å². The first-order valence-corrected chi connectivity index (χ1v) is 9.01. The van der Waals surface area contributed by atoms with E-state index in [9.17, 15) is 4.79 Å². The van der Waals surface area contributed by atoms with Crippen molar-refractivity contribution in [3.63, 3.8) is 0 Å². The van der Waals surface area contributed by atoms with Crippen LogP contribution in [-0.4, -0.2) is 34.4 Å². The minimum Gasteiger partial charge on any atom is -0.493 e. The smallest absolute Gasteiger partial charge is 0.271 e. The highest BCUT2D eigenvalue weighted by atomic mass is 32.1. The van der Waals surface area contributed by atoms with Gasteiger partial charge >= 0.3 is 0 Å². The molecule has 7 nitrogen and oxygen atoms in total. The lowest BCUT2D eigenvalue weighted by Crippen LogP contribution is -2.23. The summed E-state index contributed by atoms with van der Waals surface area (Å²) >= 11 is 1.42. The summed E-state index contributed by atoms with van der Waals surface area (Å²) in [6.45, 7) is 2.86. The van der Waals surface area contributed by atoms with Gasteiger partial charge in [-0.25, -0.2) is 4.98 Å². The first-order chi connectivity index (χ1) is 12.6. The van der Waals surface area contributed by atoms with Gasteiger partial charge in [-0.15, -0.1) is 11.3 Å². The molecule has 0 atom stereocenters. The molecule has 136 valence electrons. The molecule has 3 aromatic rings.